The predicted molar refractivity (Wildman–Crippen MR) is 76.9 cm³/mol. The number of carbonyl (C=O) groups excluding carboxylic acids is 1. The molecule has 0 atom stereocenters. The Morgan fingerprint density at radius 3 is 2.50 bits per heavy atom. The molecule has 0 saturated heterocycles. The van der Waals surface area contributed by atoms with Gasteiger partial charge in [-0.15, -0.1) is 0 Å². The lowest BCUT2D eigenvalue weighted by molar-refractivity contribution is 0.0741. The molecule has 20 heavy (non-hydrogen) atoms. The van der Waals surface area contributed by atoms with E-state index in [1.807, 2.05) is 12.1 Å². The third-order valence-electron chi connectivity index (χ3n) is 2.92. The summed E-state index contributed by atoms with van der Waals surface area (Å²) in [5, 5.41) is 0. The first-order chi connectivity index (χ1) is 9.81. The van der Waals surface area contributed by atoms with Gasteiger partial charge in [0.15, 0.2) is 0 Å². The largest absolute Gasteiger partial charge is 0.334 e. The van der Waals surface area contributed by atoms with Gasteiger partial charge in [-0.1, -0.05) is 6.07 Å². The molecule has 2 aromatic rings. The molecule has 0 aliphatic rings. The number of carbonyl (C=O) groups is 1. The molecule has 104 valence electrons. The van der Waals surface area contributed by atoms with Gasteiger partial charge < -0.3 is 10.6 Å². The fraction of sp³-hybridized carbons (Fsp3) is 0.267. The van der Waals surface area contributed by atoms with E-state index in [1.54, 1.807) is 41.8 Å². The van der Waals surface area contributed by atoms with Gasteiger partial charge in [0.25, 0.3) is 5.91 Å². The highest BCUT2D eigenvalue weighted by Crippen LogP contribution is 2.09. The summed E-state index contributed by atoms with van der Waals surface area (Å²) < 4.78 is 0. The minimum Gasteiger partial charge on any atom is -0.334 e. The number of hydrogen-bond acceptors (Lipinski definition) is 4. The number of pyridine rings is 2. The number of nitrogens with two attached hydrogens (primary N) is 1. The zero-order valence-corrected chi connectivity index (χ0v) is 11.3. The second-order valence-corrected chi connectivity index (χ2v) is 4.47. The fourth-order valence-electron chi connectivity index (χ4n) is 1.92. The molecule has 0 radical (unpaired) electrons. The summed E-state index contributed by atoms with van der Waals surface area (Å²) in [7, 11) is 0. The van der Waals surface area contributed by atoms with Gasteiger partial charge in [0, 0.05) is 37.9 Å². The van der Waals surface area contributed by atoms with E-state index in [0.29, 0.717) is 25.2 Å². The van der Waals surface area contributed by atoms with Crippen molar-refractivity contribution in [2.75, 3.05) is 13.1 Å². The summed E-state index contributed by atoms with van der Waals surface area (Å²) >= 11 is 0. The van der Waals surface area contributed by atoms with Crippen LogP contribution in [0.15, 0.2) is 49.1 Å². The van der Waals surface area contributed by atoms with E-state index in [0.717, 1.165) is 12.0 Å². The first-order valence-corrected chi connectivity index (χ1v) is 6.59. The van der Waals surface area contributed by atoms with Crippen molar-refractivity contribution in [3.05, 3.63) is 60.2 Å². The molecule has 2 heterocycles. The molecule has 1 amide bonds. The molecule has 2 rings (SSSR count). The summed E-state index contributed by atoms with van der Waals surface area (Å²) in [4.78, 5) is 22.3. The Kier molecular flexibility index (Phi) is 5.20. The van der Waals surface area contributed by atoms with Gasteiger partial charge in [0.2, 0.25) is 0 Å². The van der Waals surface area contributed by atoms with Crippen molar-refractivity contribution in [1.29, 1.82) is 0 Å². The van der Waals surface area contributed by atoms with Crippen molar-refractivity contribution < 1.29 is 4.79 Å². The first-order valence-electron chi connectivity index (χ1n) is 6.59. The molecular weight excluding hydrogens is 252 g/mol. The van der Waals surface area contributed by atoms with Gasteiger partial charge in [0.1, 0.15) is 0 Å². The Hall–Kier alpha value is -2.27. The molecular formula is C15H18N4O. The van der Waals surface area contributed by atoms with Crippen LogP contribution in [0.5, 0.6) is 0 Å². The van der Waals surface area contributed by atoms with Crippen molar-refractivity contribution in [2.45, 2.75) is 13.0 Å². The Morgan fingerprint density at radius 1 is 1.15 bits per heavy atom. The Morgan fingerprint density at radius 2 is 1.90 bits per heavy atom. The quantitative estimate of drug-likeness (QED) is 0.862. The Bertz CT molecular complexity index is 530. The number of rotatable bonds is 6. The lowest BCUT2D eigenvalue weighted by Gasteiger charge is -2.22. The molecule has 0 unspecified atom stereocenters. The fourth-order valence-corrected chi connectivity index (χ4v) is 1.92. The van der Waals surface area contributed by atoms with Crippen LogP contribution in [0.2, 0.25) is 0 Å². The maximum Gasteiger partial charge on any atom is 0.255 e. The normalized spacial score (nSPS) is 10.2. The summed E-state index contributed by atoms with van der Waals surface area (Å²) in [6.45, 7) is 1.71. The van der Waals surface area contributed by atoms with Crippen LogP contribution in [0.1, 0.15) is 22.3 Å². The highest BCUT2D eigenvalue weighted by atomic mass is 16.2. The van der Waals surface area contributed by atoms with E-state index in [4.69, 9.17) is 5.73 Å². The zero-order chi connectivity index (χ0) is 14.2. The third-order valence-corrected chi connectivity index (χ3v) is 2.92. The van der Waals surface area contributed by atoms with Crippen LogP contribution < -0.4 is 5.73 Å². The summed E-state index contributed by atoms with van der Waals surface area (Å²) in [6, 6.07) is 7.36. The number of hydrogen-bond donors (Lipinski definition) is 1. The van der Waals surface area contributed by atoms with Crippen LogP contribution in [-0.4, -0.2) is 33.9 Å². The van der Waals surface area contributed by atoms with Crippen LogP contribution in [0.25, 0.3) is 0 Å². The summed E-state index contributed by atoms with van der Waals surface area (Å²) in [5.74, 6) is -0.0320. The third kappa shape index (κ3) is 3.86. The first kappa shape index (κ1) is 14.1. The van der Waals surface area contributed by atoms with Gasteiger partial charge in [-0.2, -0.15) is 0 Å². The predicted octanol–water partition coefficient (Wildman–Crippen LogP) is 1.47. The van der Waals surface area contributed by atoms with E-state index in [1.165, 1.54) is 0 Å². The van der Waals surface area contributed by atoms with Gasteiger partial charge >= 0.3 is 0 Å². The molecule has 2 N–H and O–H groups in total. The van der Waals surface area contributed by atoms with E-state index in [9.17, 15) is 4.79 Å². The lowest BCUT2D eigenvalue weighted by atomic mass is 10.2. The molecule has 0 aromatic carbocycles. The Labute approximate surface area is 118 Å². The minimum atomic E-state index is -0.0320. The van der Waals surface area contributed by atoms with Crippen molar-refractivity contribution in [1.82, 2.24) is 14.9 Å². The summed E-state index contributed by atoms with van der Waals surface area (Å²) in [5.41, 5.74) is 7.14. The molecule has 2 aromatic heterocycles. The highest BCUT2D eigenvalue weighted by Gasteiger charge is 2.15. The minimum absolute atomic E-state index is 0.0320. The van der Waals surface area contributed by atoms with Crippen molar-refractivity contribution >= 4 is 5.91 Å². The molecule has 0 aliphatic carbocycles. The van der Waals surface area contributed by atoms with Gasteiger partial charge in [0.05, 0.1) is 5.56 Å². The lowest BCUT2D eigenvalue weighted by Crippen LogP contribution is -2.32. The Balaban J connectivity index is 2.13. The molecule has 0 bridgehead atoms. The van der Waals surface area contributed by atoms with E-state index >= 15 is 0 Å². The van der Waals surface area contributed by atoms with E-state index in [2.05, 4.69) is 9.97 Å². The van der Waals surface area contributed by atoms with Crippen molar-refractivity contribution in [2.24, 2.45) is 5.73 Å². The maximum atomic E-state index is 12.5. The number of amides is 1. The molecule has 5 heteroatoms. The molecule has 0 fully saturated rings. The van der Waals surface area contributed by atoms with E-state index < -0.39 is 0 Å². The van der Waals surface area contributed by atoms with E-state index in [-0.39, 0.29) is 5.91 Å². The molecule has 5 nitrogen and oxygen atoms in total. The van der Waals surface area contributed by atoms with Crippen LogP contribution in [0.4, 0.5) is 0 Å². The van der Waals surface area contributed by atoms with Crippen molar-refractivity contribution in [3.8, 4) is 0 Å². The second kappa shape index (κ2) is 7.35. The monoisotopic (exact) mass is 270 g/mol. The molecule has 0 spiro atoms. The smallest absolute Gasteiger partial charge is 0.255 e. The average Bonchev–Trinajstić information content (AvgIpc) is 2.52. The topological polar surface area (TPSA) is 72.1 Å². The number of nitrogens with zero attached hydrogens (tertiary/aromatic N) is 3. The van der Waals surface area contributed by atoms with Gasteiger partial charge in [-0.05, 0) is 36.7 Å². The highest BCUT2D eigenvalue weighted by molar-refractivity contribution is 5.93. The van der Waals surface area contributed by atoms with Gasteiger partial charge in [-0.25, -0.2) is 0 Å². The van der Waals surface area contributed by atoms with Crippen LogP contribution >= 0.6 is 0 Å². The average molecular weight is 270 g/mol. The van der Waals surface area contributed by atoms with Crippen molar-refractivity contribution in [3.63, 3.8) is 0 Å². The van der Waals surface area contributed by atoms with Gasteiger partial charge in [-0.3, -0.25) is 14.8 Å². The van der Waals surface area contributed by atoms with Crippen LogP contribution in [-0.2, 0) is 6.54 Å². The molecule has 0 saturated carbocycles. The molecule has 0 aliphatic heterocycles. The summed E-state index contributed by atoms with van der Waals surface area (Å²) in [6.07, 6.45) is 7.50. The standard InChI is InChI=1S/C15H18N4O/c16-6-3-9-19(12-13-4-1-7-17-10-13)15(20)14-5-2-8-18-11-14/h1-2,4-5,7-8,10-11H,3,6,9,12,16H2. The second-order valence-electron chi connectivity index (χ2n) is 4.47. The van der Waals surface area contributed by atoms with Crippen LogP contribution in [0.3, 0.4) is 0 Å². The SMILES string of the molecule is NCCCN(Cc1cccnc1)C(=O)c1cccnc1. The number of aromatic nitrogens is 2. The zero-order valence-electron chi connectivity index (χ0n) is 11.3. The van der Waals surface area contributed by atoms with Crippen LogP contribution in [0, 0.1) is 0 Å². The maximum absolute atomic E-state index is 12.5.